The van der Waals surface area contributed by atoms with Gasteiger partial charge in [-0.25, -0.2) is 4.79 Å². The fraction of sp³-hybridized carbons (Fsp3) is 0.500. The number of piperidine rings is 1. The molecule has 2 heterocycles. The molecule has 1 saturated heterocycles. The predicted molar refractivity (Wildman–Crippen MR) is 159 cm³/mol. The highest BCUT2D eigenvalue weighted by Gasteiger charge is 2.43. The predicted octanol–water partition coefficient (Wildman–Crippen LogP) is 2.35. The van der Waals surface area contributed by atoms with Crippen LogP contribution in [0.5, 0.6) is 0 Å². The van der Waals surface area contributed by atoms with Crippen LogP contribution in [0.4, 0.5) is 0 Å². The van der Waals surface area contributed by atoms with Crippen LogP contribution in [-0.2, 0) is 53.9 Å². The van der Waals surface area contributed by atoms with Gasteiger partial charge in [-0.1, -0.05) is 48.5 Å². The van der Waals surface area contributed by atoms with E-state index < -0.39 is 36.4 Å². The number of likely N-dealkylation sites (tertiary alicyclic amines) is 1. The first-order chi connectivity index (χ1) is 20.8. The van der Waals surface area contributed by atoms with Crippen LogP contribution in [0.1, 0.15) is 47.9 Å². The average molecular weight is 615 g/mol. The zero-order valence-corrected chi connectivity index (χ0v) is 25.4. The number of carbonyl (C=O) groups excluding carboxylic acids is 1. The van der Waals surface area contributed by atoms with Crippen LogP contribution < -0.4 is 0 Å². The fourth-order valence-electron chi connectivity index (χ4n) is 5.83. The highest BCUT2D eigenvalue weighted by Crippen LogP contribution is 2.44. The third-order valence-electron chi connectivity index (χ3n) is 8.11. The van der Waals surface area contributed by atoms with Crippen molar-refractivity contribution in [2.75, 3.05) is 40.8 Å². The maximum Gasteiger partial charge on any atom is 0.336 e. The molecule has 1 spiro atoms. The second-order valence-corrected chi connectivity index (χ2v) is 11.6. The average Bonchev–Trinajstić information content (AvgIpc) is 3.32. The zero-order chi connectivity index (χ0) is 32.5. The first kappa shape index (κ1) is 34.6. The third-order valence-corrected chi connectivity index (χ3v) is 8.11. The maximum atomic E-state index is 13.0. The van der Waals surface area contributed by atoms with Gasteiger partial charge in [0.2, 0.25) is 5.91 Å². The second kappa shape index (κ2) is 15.2. The number of methoxy groups -OCH3 is 1. The van der Waals surface area contributed by atoms with Gasteiger partial charge in [-0.3, -0.25) is 14.4 Å². The molecule has 12 heteroatoms. The summed E-state index contributed by atoms with van der Waals surface area (Å²) in [5.74, 6) is -4.90. The van der Waals surface area contributed by atoms with Crippen molar-refractivity contribution in [3.05, 3.63) is 70.8 Å². The summed E-state index contributed by atoms with van der Waals surface area (Å²) in [7, 11) is 5.42. The molecule has 0 saturated carbocycles. The van der Waals surface area contributed by atoms with Gasteiger partial charge in [0.15, 0.2) is 5.60 Å². The first-order valence-corrected chi connectivity index (χ1v) is 14.4. The Kier molecular flexibility index (Phi) is 12.0. The van der Waals surface area contributed by atoms with Gasteiger partial charge in [0.1, 0.15) is 0 Å². The zero-order valence-electron chi connectivity index (χ0n) is 25.4. The monoisotopic (exact) mass is 614 g/mol. The number of nitrogens with zero attached hydrogens (tertiary/aromatic N) is 2. The number of hydrogen-bond acceptors (Lipinski definition) is 8. The molecule has 2 aliphatic rings. The van der Waals surface area contributed by atoms with Gasteiger partial charge < -0.3 is 39.7 Å². The Hall–Kier alpha value is -3.84. The highest BCUT2D eigenvalue weighted by atomic mass is 16.5. The lowest BCUT2D eigenvalue weighted by Gasteiger charge is -2.40. The van der Waals surface area contributed by atoms with Gasteiger partial charge in [-0.15, -0.1) is 0 Å². The Labute approximate surface area is 256 Å². The van der Waals surface area contributed by atoms with Crippen LogP contribution in [0.3, 0.4) is 0 Å². The molecule has 4 N–H and O–H groups in total. The normalized spacial score (nSPS) is 16.4. The van der Waals surface area contributed by atoms with Crippen molar-refractivity contribution in [2.24, 2.45) is 5.92 Å². The molecular weight excluding hydrogens is 572 g/mol. The van der Waals surface area contributed by atoms with Crippen molar-refractivity contribution in [1.29, 1.82) is 0 Å². The van der Waals surface area contributed by atoms with Crippen LogP contribution in [0.15, 0.2) is 48.5 Å². The van der Waals surface area contributed by atoms with Crippen LogP contribution in [0.2, 0.25) is 0 Å². The SMILES string of the molecule is COCc1ccccc1CC(CN1CCC2(CC1)OCc1ccccc12)C(=O)N(C)C.O=C(O)CC(O)(CC(=O)O)C(=O)O. The number of rotatable bonds is 12. The van der Waals surface area contributed by atoms with Crippen LogP contribution in [-0.4, -0.2) is 100 Å². The van der Waals surface area contributed by atoms with Crippen LogP contribution >= 0.6 is 0 Å². The van der Waals surface area contributed by atoms with Gasteiger partial charge in [0.05, 0.1) is 37.6 Å². The van der Waals surface area contributed by atoms with Gasteiger partial charge in [-0.2, -0.15) is 0 Å². The molecule has 2 aliphatic heterocycles. The minimum absolute atomic E-state index is 0.0705. The summed E-state index contributed by atoms with van der Waals surface area (Å²) in [6.45, 7) is 3.96. The molecule has 1 amide bonds. The molecule has 2 aromatic carbocycles. The molecule has 12 nitrogen and oxygen atoms in total. The molecule has 1 fully saturated rings. The summed E-state index contributed by atoms with van der Waals surface area (Å²) in [6, 6.07) is 16.9. The largest absolute Gasteiger partial charge is 0.481 e. The Morgan fingerprint density at radius 3 is 2.07 bits per heavy atom. The highest BCUT2D eigenvalue weighted by molar-refractivity contribution is 5.88. The van der Waals surface area contributed by atoms with E-state index in [0.29, 0.717) is 13.2 Å². The van der Waals surface area contributed by atoms with E-state index in [1.165, 1.54) is 16.7 Å². The van der Waals surface area contributed by atoms with Crippen LogP contribution in [0.25, 0.3) is 0 Å². The van der Waals surface area contributed by atoms with Gasteiger partial charge in [-0.05, 0) is 41.5 Å². The number of aliphatic hydroxyl groups is 1. The van der Waals surface area contributed by atoms with Crippen molar-refractivity contribution in [1.82, 2.24) is 9.80 Å². The number of carbonyl (C=O) groups is 4. The van der Waals surface area contributed by atoms with E-state index in [-0.39, 0.29) is 17.4 Å². The van der Waals surface area contributed by atoms with E-state index in [1.54, 1.807) is 12.0 Å². The van der Waals surface area contributed by atoms with Crippen molar-refractivity contribution < 1.29 is 49.1 Å². The second-order valence-electron chi connectivity index (χ2n) is 11.6. The molecule has 0 radical (unpaired) electrons. The quantitative estimate of drug-likeness (QED) is 0.276. The first-order valence-electron chi connectivity index (χ1n) is 14.4. The number of ether oxygens (including phenoxy) is 2. The summed E-state index contributed by atoms with van der Waals surface area (Å²) in [4.78, 5) is 47.7. The summed E-state index contributed by atoms with van der Waals surface area (Å²) < 4.78 is 11.7. The topological polar surface area (TPSA) is 174 Å². The van der Waals surface area contributed by atoms with E-state index in [1.807, 2.05) is 26.2 Å². The summed E-state index contributed by atoms with van der Waals surface area (Å²) in [5.41, 5.74) is 2.17. The van der Waals surface area contributed by atoms with Crippen LogP contribution in [0, 0.1) is 5.92 Å². The van der Waals surface area contributed by atoms with Gasteiger partial charge >= 0.3 is 17.9 Å². The van der Waals surface area contributed by atoms with Gasteiger partial charge in [0, 0.05) is 40.8 Å². The standard InChI is InChI=1S/C26H34N2O3.C6H8O7/c1-27(2)25(29)23(16-20-8-4-5-9-21(20)18-30-3)17-28-14-12-26(13-15-28)24-11-7-6-10-22(24)19-31-26;7-3(8)1-6(13,5(11)12)2-4(9)10/h4-11,23H,12-19H2,1-3H3;13H,1-2H2,(H,7,8)(H,9,10)(H,11,12). The van der Waals surface area contributed by atoms with E-state index in [0.717, 1.165) is 44.5 Å². The van der Waals surface area contributed by atoms with E-state index in [4.69, 9.17) is 29.9 Å². The molecule has 1 unspecified atom stereocenters. The summed E-state index contributed by atoms with van der Waals surface area (Å²) in [6.07, 6.45) is 0.404. The van der Waals surface area contributed by atoms with Crippen molar-refractivity contribution in [2.45, 2.75) is 56.5 Å². The number of hydrogen-bond donors (Lipinski definition) is 4. The van der Waals surface area contributed by atoms with Crippen molar-refractivity contribution in [3.63, 3.8) is 0 Å². The van der Waals surface area contributed by atoms with E-state index in [2.05, 4.69) is 41.3 Å². The Morgan fingerprint density at radius 1 is 0.955 bits per heavy atom. The van der Waals surface area contributed by atoms with E-state index >= 15 is 0 Å². The van der Waals surface area contributed by atoms with Crippen molar-refractivity contribution >= 4 is 23.8 Å². The Balaban J connectivity index is 0.000000345. The minimum atomic E-state index is -2.74. The molecule has 44 heavy (non-hydrogen) atoms. The smallest absolute Gasteiger partial charge is 0.336 e. The number of amides is 1. The Bertz CT molecular complexity index is 1300. The fourth-order valence-corrected chi connectivity index (χ4v) is 5.83. The number of carboxylic acids is 3. The maximum absolute atomic E-state index is 13.0. The molecule has 0 bridgehead atoms. The molecule has 4 rings (SSSR count). The number of carboxylic acid groups (broad SMARTS) is 3. The molecule has 0 aliphatic carbocycles. The number of fused-ring (bicyclic) bond motifs is 2. The molecule has 0 aromatic heterocycles. The summed E-state index contributed by atoms with van der Waals surface area (Å²) in [5, 5.41) is 33.8. The van der Waals surface area contributed by atoms with Gasteiger partial charge in [0.25, 0.3) is 0 Å². The molecule has 2 aromatic rings. The minimum Gasteiger partial charge on any atom is -0.481 e. The lowest BCUT2D eigenvalue weighted by atomic mass is 9.83. The van der Waals surface area contributed by atoms with Crippen molar-refractivity contribution in [3.8, 4) is 0 Å². The summed E-state index contributed by atoms with van der Waals surface area (Å²) >= 11 is 0. The van der Waals surface area contributed by atoms with E-state index in [9.17, 15) is 19.2 Å². The molecule has 1 atom stereocenters. The molecule has 240 valence electrons. The third kappa shape index (κ3) is 8.85. The lowest BCUT2D eigenvalue weighted by molar-refractivity contribution is -0.170. The molecular formula is C32H42N2O10. The number of aliphatic carboxylic acids is 3. The Morgan fingerprint density at radius 2 is 1.52 bits per heavy atom. The lowest BCUT2D eigenvalue weighted by Crippen LogP contribution is -2.46. The number of benzene rings is 2.